The summed E-state index contributed by atoms with van der Waals surface area (Å²) in [6.07, 6.45) is 41.6. The second-order valence-electron chi connectivity index (χ2n) is 19.7. The van der Waals surface area contributed by atoms with Crippen LogP contribution in [0.25, 0.3) is 22.8 Å². The topological polar surface area (TPSA) is 123 Å². The van der Waals surface area contributed by atoms with Crippen LogP contribution in [0.15, 0.2) is 73.3 Å². The first kappa shape index (κ1) is 56.1. The second kappa shape index (κ2) is 35.3. The fraction of sp³-hybridized carbons (Fsp3) is 0.633. The molecule has 4 aromatic rings. The second-order valence-corrected chi connectivity index (χ2v) is 19.7. The SMILES string of the molecule is CCCCCCCCCCc1cnc(-c2ccc(OCCCCCCOC(=O)[C@@H]3CCCC[C@H]3C(=O)OCCCCCCOc3ccc(-c4ncc(CCCCCCCCCC)cn4)cc3)cc2)nc1. The van der Waals surface area contributed by atoms with Crippen molar-refractivity contribution >= 4 is 11.9 Å². The summed E-state index contributed by atoms with van der Waals surface area (Å²) in [4.78, 5) is 44.7. The molecule has 0 saturated heterocycles. The maximum atomic E-state index is 13.1. The number of hydrogen-bond acceptors (Lipinski definition) is 10. The number of unbranched alkanes of at least 4 members (excludes halogenated alkanes) is 20. The van der Waals surface area contributed by atoms with Gasteiger partial charge in [0.25, 0.3) is 0 Å². The third-order valence-electron chi connectivity index (χ3n) is 13.7. The van der Waals surface area contributed by atoms with Crippen LogP contribution in [0, 0.1) is 11.8 Å². The van der Waals surface area contributed by atoms with Crippen molar-refractivity contribution in [3.8, 4) is 34.3 Å². The lowest BCUT2D eigenvalue weighted by atomic mass is 9.79. The van der Waals surface area contributed by atoms with Gasteiger partial charge in [0.2, 0.25) is 0 Å². The van der Waals surface area contributed by atoms with Gasteiger partial charge >= 0.3 is 11.9 Å². The quantitative estimate of drug-likeness (QED) is 0.0317. The molecule has 0 bridgehead atoms. The molecule has 0 radical (unpaired) electrons. The van der Waals surface area contributed by atoms with Crippen LogP contribution in [0.5, 0.6) is 11.5 Å². The van der Waals surface area contributed by atoms with Gasteiger partial charge in [-0.1, -0.05) is 117 Å². The largest absolute Gasteiger partial charge is 0.494 e. The molecule has 10 nitrogen and oxygen atoms in total. The van der Waals surface area contributed by atoms with E-state index in [1.165, 1.54) is 114 Å². The Balaban J connectivity index is 0.843. The number of rotatable bonds is 38. The zero-order valence-corrected chi connectivity index (χ0v) is 43.4. The normalized spacial score (nSPS) is 14.6. The molecule has 0 unspecified atom stereocenters. The molecule has 2 heterocycles. The summed E-state index contributed by atoms with van der Waals surface area (Å²) in [7, 11) is 0. The first-order valence-corrected chi connectivity index (χ1v) is 28.0. The van der Waals surface area contributed by atoms with E-state index in [1.54, 1.807) is 0 Å². The minimum Gasteiger partial charge on any atom is -0.494 e. The highest BCUT2D eigenvalue weighted by Gasteiger charge is 2.37. The van der Waals surface area contributed by atoms with Gasteiger partial charge < -0.3 is 18.9 Å². The van der Waals surface area contributed by atoms with Crippen molar-refractivity contribution < 1.29 is 28.5 Å². The van der Waals surface area contributed by atoms with Crippen LogP contribution in [0.1, 0.15) is 205 Å². The Morgan fingerprint density at radius 3 is 1.09 bits per heavy atom. The molecule has 0 spiro atoms. The number of carbonyl (C=O) groups is 2. The molecule has 70 heavy (non-hydrogen) atoms. The summed E-state index contributed by atoms with van der Waals surface area (Å²) in [6.45, 7) is 6.54. The Morgan fingerprint density at radius 1 is 0.414 bits per heavy atom. The minimum atomic E-state index is -0.412. The van der Waals surface area contributed by atoms with Gasteiger partial charge in [0.15, 0.2) is 11.6 Å². The predicted octanol–water partition coefficient (Wildman–Crippen LogP) is 15.4. The Hall–Kier alpha value is -4.86. The highest BCUT2D eigenvalue weighted by Crippen LogP contribution is 2.32. The van der Waals surface area contributed by atoms with Crippen molar-refractivity contribution in [2.24, 2.45) is 11.8 Å². The Morgan fingerprint density at radius 2 is 0.729 bits per heavy atom. The number of hydrogen-bond donors (Lipinski definition) is 0. The van der Waals surface area contributed by atoms with E-state index in [4.69, 9.17) is 18.9 Å². The fourth-order valence-corrected chi connectivity index (χ4v) is 9.34. The summed E-state index contributed by atoms with van der Waals surface area (Å²) in [5.74, 6) is 1.81. The predicted molar refractivity (Wildman–Crippen MR) is 283 cm³/mol. The van der Waals surface area contributed by atoms with E-state index < -0.39 is 11.8 Å². The van der Waals surface area contributed by atoms with Gasteiger partial charge in [-0.25, -0.2) is 19.9 Å². The van der Waals surface area contributed by atoms with E-state index in [0.29, 0.717) is 39.3 Å². The van der Waals surface area contributed by atoms with Crippen LogP contribution < -0.4 is 9.47 Å². The molecule has 1 saturated carbocycles. The van der Waals surface area contributed by atoms with Crippen LogP contribution in [0.2, 0.25) is 0 Å². The van der Waals surface area contributed by atoms with E-state index in [0.717, 1.165) is 111 Å². The third-order valence-corrected chi connectivity index (χ3v) is 13.7. The van der Waals surface area contributed by atoms with Gasteiger partial charge in [-0.2, -0.15) is 0 Å². The van der Waals surface area contributed by atoms with Gasteiger partial charge in [0, 0.05) is 35.9 Å². The summed E-state index contributed by atoms with van der Waals surface area (Å²) < 4.78 is 23.4. The average Bonchev–Trinajstić information content (AvgIpc) is 3.40. The molecule has 5 rings (SSSR count). The molecular formula is C60H88N4O6. The Bertz CT molecular complexity index is 1810. The standard InChI is InChI=1S/C60H88N4O6/c1-3-5-7-9-11-13-15-21-29-49-45-61-57(62-46-49)51-33-37-53(38-34-51)67-41-25-17-19-27-43-69-59(65)55-31-23-24-32-56(55)60(66)70-44-28-20-18-26-42-68-54-39-35-52(36-40-54)58-63-47-50(48-64-58)30-22-16-14-12-10-8-6-4-2/h33-40,45-48,55-56H,3-32,41-44H2,1-2H3/t55-,56-/m1/s1. The lowest BCUT2D eigenvalue weighted by Crippen LogP contribution is -2.35. The molecule has 0 N–H and O–H groups in total. The molecule has 1 fully saturated rings. The van der Waals surface area contributed by atoms with Gasteiger partial charge in [-0.05, 0) is 150 Å². The third kappa shape index (κ3) is 22.5. The van der Waals surface area contributed by atoms with Crippen LogP contribution in [0.4, 0.5) is 0 Å². The van der Waals surface area contributed by atoms with Gasteiger partial charge in [-0.3, -0.25) is 9.59 Å². The average molecular weight is 961 g/mol. The van der Waals surface area contributed by atoms with E-state index in [2.05, 4.69) is 33.8 Å². The van der Waals surface area contributed by atoms with E-state index in [1.807, 2.05) is 73.3 Å². The molecule has 2 aromatic heterocycles. The maximum Gasteiger partial charge on any atom is 0.309 e. The number of ether oxygens (including phenoxy) is 4. The van der Waals surface area contributed by atoms with Crippen molar-refractivity contribution in [3.63, 3.8) is 0 Å². The van der Waals surface area contributed by atoms with E-state index >= 15 is 0 Å². The van der Waals surface area contributed by atoms with Gasteiger partial charge in [0.1, 0.15) is 11.5 Å². The number of nitrogens with zero attached hydrogens (tertiary/aromatic N) is 4. The molecule has 1 aliphatic rings. The first-order chi connectivity index (χ1) is 34.5. The Labute approximate surface area is 422 Å². The van der Waals surface area contributed by atoms with Crippen molar-refractivity contribution in [2.45, 2.75) is 206 Å². The van der Waals surface area contributed by atoms with Gasteiger partial charge in [0.05, 0.1) is 38.3 Å². The van der Waals surface area contributed by atoms with E-state index in [9.17, 15) is 9.59 Å². The van der Waals surface area contributed by atoms with Crippen molar-refractivity contribution in [3.05, 3.63) is 84.4 Å². The summed E-state index contributed by atoms with van der Waals surface area (Å²) in [6, 6.07) is 16.0. The van der Waals surface area contributed by atoms with Crippen molar-refractivity contribution in [1.29, 1.82) is 0 Å². The van der Waals surface area contributed by atoms with Crippen molar-refractivity contribution in [2.75, 3.05) is 26.4 Å². The number of carbonyl (C=O) groups excluding carboxylic acids is 2. The minimum absolute atomic E-state index is 0.255. The lowest BCUT2D eigenvalue weighted by molar-refractivity contribution is -0.163. The molecule has 384 valence electrons. The molecular weight excluding hydrogens is 873 g/mol. The van der Waals surface area contributed by atoms with Gasteiger partial charge in [-0.15, -0.1) is 0 Å². The smallest absolute Gasteiger partial charge is 0.309 e. The molecule has 2 aromatic carbocycles. The monoisotopic (exact) mass is 961 g/mol. The van der Waals surface area contributed by atoms with Crippen LogP contribution in [-0.2, 0) is 31.9 Å². The van der Waals surface area contributed by atoms with Crippen LogP contribution >= 0.6 is 0 Å². The van der Waals surface area contributed by atoms with Crippen LogP contribution in [0.3, 0.4) is 0 Å². The molecule has 0 amide bonds. The lowest BCUT2D eigenvalue weighted by Gasteiger charge is -2.28. The highest BCUT2D eigenvalue weighted by atomic mass is 16.5. The Kier molecular flexibility index (Phi) is 28.3. The van der Waals surface area contributed by atoms with E-state index in [-0.39, 0.29) is 11.9 Å². The fourth-order valence-electron chi connectivity index (χ4n) is 9.34. The molecule has 1 aliphatic carbocycles. The first-order valence-electron chi connectivity index (χ1n) is 28.0. The number of aryl methyl sites for hydroxylation is 2. The zero-order chi connectivity index (χ0) is 49.1. The van der Waals surface area contributed by atoms with Crippen LogP contribution in [-0.4, -0.2) is 58.3 Å². The molecule has 0 aliphatic heterocycles. The number of aromatic nitrogens is 4. The zero-order valence-electron chi connectivity index (χ0n) is 43.4. The number of benzene rings is 2. The molecule has 10 heteroatoms. The number of esters is 2. The summed E-state index contributed by atoms with van der Waals surface area (Å²) in [5, 5.41) is 0. The van der Waals surface area contributed by atoms with Crippen molar-refractivity contribution in [1.82, 2.24) is 19.9 Å². The maximum absolute atomic E-state index is 13.1. The summed E-state index contributed by atoms with van der Waals surface area (Å²) >= 11 is 0. The summed E-state index contributed by atoms with van der Waals surface area (Å²) in [5.41, 5.74) is 4.37. The molecule has 2 atom stereocenters. The highest BCUT2D eigenvalue weighted by molar-refractivity contribution is 5.82.